The first-order valence-electron chi connectivity index (χ1n) is 6.82. The molecule has 0 fully saturated rings. The van der Waals surface area contributed by atoms with Crippen LogP contribution in [0, 0.1) is 20.8 Å². The summed E-state index contributed by atoms with van der Waals surface area (Å²) < 4.78 is 1.64. The van der Waals surface area contributed by atoms with Gasteiger partial charge in [0.2, 0.25) is 0 Å². The second-order valence-corrected chi connectivity index (χ2v) is 6.15. The maximum absolute atomic E-state index is 12.1. The van der Waals surface area contributed by atoms with Gasteiger partial charge in [-0.3, -0.25) is 9.20 Å². The minimum absolute atomic E-state index is 0.0176. The lowest BCUT2D eigenvalue weighted by molar-refractivity contribution is 0.965. The van der Waals surface area contributed by atoms with Crippen LogP contribution in [0.2, 0.25) is 0 Å². The van der Waals surface area contributed by atoms with Crippen LogP contribution in [0.4, 0.5) is 5.69 Å². The SMILES string of the molecule is Cc1cc(C)cc(NCc2cc(=O)n3c(C)csc3n2)c1. The van der Waals surface area contributed by atoms with E-state index in [0.29, 0.717) is 6.54 Å². The fraction of sp³-hybridized carbons (Fsp3) is 0.250. The molecule has 2 heterocycles. The van der Waals surface area contributed by atoms with Crippen molar-refractivity contribution in [1.82, 2.24) is 9.38 Å². The summed E-state index contributed by atoms with van der Waals surface area (Å²) in [5.41, 5.74) is 5.17. The van der Waals surface area contributed by atoms with Crippen molar-refractivity contribution in [2.75, 3.05) is 5.32 Å². The van der Waals surface area contributed by atoms with Crippen LogP contribution < -0.4 is 10.9 Å². The molecule has 0 aliphatic carbocycles. The topological polar surface area (TPSA) is 46.4 Å². The van der Waals surface area contributed by atoms with E-state index in [9.17, 15) is 4.79 Å². The van der Waals surface area contributed by atoms with Gasteiger partial charge in [0.1, 0.15) is 0 Å². The first-order chi connectivity index (χ1) is 10.0. The van der Waals surface area contributed by atoms with Crippen molar-refractivity contribution in [3.8, 4) is 0 Å². The Morgan fingerprint density at radius 2 is 1.86 bits per heavy atom. The average Bonchev–Trinajstić information content (AvgIpc) is 2.77. The summed E-state index contributed by atoms with van der Waals surface area (Å²) in [6.07, 6.45) is 0. The minimum atomic E-state index is -0.0176. The normalized spacial score (nSPS) is 11.0. The van der Waals surface area contributed by atoms with Gasteiger partial charge >= 0.3 is 0 Å². The molecule has 0 unspecified atom stereocenters. The summed E-state index contributed by atoms with van der Waals surface area (Å²) in [5, 5.41) is 5.28. The average molecular weight is 299 g/mol. The Kier molecular flexibility index (Phi) is 3.51. The third-order valence-corrected chi connectivity index (χ3v) is 4.27. The van der Waals surface area contributed by atoms with E-state index in [1.54, 1.807) is 10.5 Å². The Bertz CT molecular complexity index is 843. The van der Waals surface area contributed by atoms with Gasteiger partial charge in [-0.05, 0) is 44.0 Å². The van der Waals surface area contributed by atoms with Crippen LogP contribution in [0.25, 0.3) is 4.96 Å². The van der Waals surface area contributed by atoms with Gasteiger partial charge < -0.3 is 5.32 Å². The fourth-order valence-electron chi connectivity index (χ4n) is 2.46. The van der Waals surface area contributed by atoms with Crippen LogP contribution in [-0.2, 0) is 6.54 Å². The number of aryl methyl sites for hydroxylation is 3. The van der Waals surface area contributed by atoms with Crippen LogP contribution in [0.15, 0.2) is 34.4 Å². The van der Waals surface area contributed by atoms with Crippen molar-refractivity contribution < 1.29 is 0 Å². The Balaban J connectivity index is 1.86. The predicted molar refractivity (Wildman–Crippen MR) is 87.3 cm³/mol. The van der Waals surface area contributed by atoms with Crippen LogP contribution in [-0.4, -0.2) is 9.38 Å². The second-order valence-electron chi connectivity index (χ2n) is 5.31. The van der Waals surface area contributed by atoms with E-state index in [1.165, 1.54) is 22.5 Å². The minimum Gasteiger partial charge on any atom is -0.379 e. The number of hydrogen-bond acceptors (Lipinski definition) is 4. The number of nitrogens with zero attached hydrogens (tertiary/aromatic N) is 2. The van der Waals surface area contributed by atoms with E-state index in [1.807, 2.05) is 12.3 Å². The van der Waals surface area contributed by atoms with Crippen molar-refractivity contribution in [3.05, 3.63) is 62.5 Å². The molecular formula is C16H17N3OS. The van der Waals surface area contributed by atoms with Gasteiger partial charge in [-0.2, -0.15) is 0 Å². The van der Waals surface area contributed by atoms with Crippen LogP contribution in [0.1, 0.15) is 22.5 Å². The molecule has 3 rings (SSSR count). The second kappa shape index (κ2) is 5.33. The van der Waals surface area contributed by atoms with Crippen LogP contribution in [0.5, 0.6) is 0 Å². The highest BCUT2D eigenvalue weighted by molar-refractivity contribution is 7.15. The highest BCUT2D eigenvalue weighted by atomic mass is 32.1. The molecule has 0 bridgehead atoms. The molecule has 1 N–H and O–H groups in total. The van der Waals surface area contributed by atoms with Crippen molar-refractivity contribution in [2.45, 2.75) is 27.3 Å². The fourth-order valence-corrected chi connectivity index (χ4v) is 3.35. The Morgan fingerprint density at radius 3 is 2.57 bits per heavy atom. The van der Waals surface area contributed by atoms with Gasteiger partial charge in [-0.15, -0.1) is 11.3 Å². The van der Waals surface area contributed by atoms with E-state index in [2.05, 4.69) is 42.3 Å². The summed E-state index contributed by atoms with van der Waals surface area (Å²) in [7, 11) is 0. The first kappa shape index (κ1) is 13.8. The molecular weight excluding hydrogens is 282 g/mol. The van der Waals surface area contributed by atoms with E-state index >= 15 is 0 Å². The third kappa shape index (κ3) is 2.83. The van der Waals surface area contributed by atoms with E-state index in [-0.39, 0.29) is 5.56 Å². The summed E-state index contributed by atoms with van der Waals surface area (Å²) in [6, 6.07) is 7.92. The Hall–Kier alpha value is -2.14. The molecule has 0 radical (unpaired) electrons. The predicted octanol–water partition coefficient (Wildman–Crippen LogP) is 3.29. The van der Waals surface area contributed by atoms with Gasteiger partial charge in [0.05, 0.1) is 12.2 Å². The zero-order valence-electron chi connectivity index (χ0n) is 12.3. The highest BCUT2D eigenvalue weighted by Gasteiger charge is 2.06. The number of hydrogen-bond donors (Lipinski definition) is 1. The van der Waals surface area contributed by atoms with Crippen LogP contribution in [0.3, 0.4) is 0 Å². The van der Waals surface area contributed by atoms with Crippen molar-refractivity contribution in [1.29, 1.82) is 0 Å². The molecule has 0 amide bonds. The summed E-state index contributed by atoms with van der Waals surface area (Å²) in [6.45, 7) is 6.61. The summed E-state index contributed by atoms with van der Waals surface area (Å²) in [4.78, 5) is 17.4. The number of anilines is 1. The molecule has 0 saturated heterocycles. The molecule has 5 heteroatoms. The zero-order valence-corrected chi connectivity index (χ0v) is 13.1. The van der Waals surface area contributed by atoms with Crippen molar-refractivity contribution >= 4 is 22.0 Å². The van der Waals surface area contributed by atoms with Crippen LogP contribution >= 0.6 is 11.3 Å². The molecule has 2 aromatic heterocycles. The third-order valence-electron chi connectivity index (χ3n) is 3.32. The molecule has 3 aromatic rings. The van der Waals surface area contributed by atoms with Gasteiger partial charge in [0, 0.05) is 22.8 Å². The monoisotopic (exact) mass is 299 g/mol. The molecule has 0 atom stereocenters. The lowest BCUT2D eigenvalue weighted by Crippen LogP contribution is -2.16. The maximum atomic E-state index is 12.1. The Morgan fingerprint density at radius 1 is 1.14 bits per heavy atom. The molecule has 108 valence electrons. The molecule has 0 aliphatic heterocycles. The lowest BCUT2D eigenvalue weighted by Gasteiger charge is -2.08. The first-order valence-corrected chi connectivity index (χ1v) is 7.70. The van der Waals surface area contributed by atoms with Gasteiger partial charge in [0.25, 0.3) is 5.56 Å². The number of aromatic nitrogens is 2. The maximum Gasteiger partial charge on any atom is 0.259 e. The molecule has 0 saturated carbocycles. The summed E-state index contributed by atoms with van der Waals surface area (Å²) in [5.74, 6) is 0. The van der Waals surface area contributed by atoms with Crippen molar-refractivity contribution in [3.63, 3.8) is 0 Å². The van der Waals surface area contributed by atoms with Gasteiger partial charge in [0.15, 0.2) is 4.96 Å². The molecule has 0 spiro atoms. The number of benzene rings is 1. The lowest BCUT2D eigenvalue weighted by atomic mass is 10.1. The standard InChI is InChI=1S/C16H17N3OS/c1-10-4-11(2)6-13(5-10)17-8-14-7-15(20)19-12(3)9-21-16(19)18-14/h4-7,9,17H,8H2,1-3H3. The molecule has 21 heavy (non-hydrogen) atoms. The van der Waals surface area contributed by atoms with E-state index < -0.39 is 0 Å². The Labute approximate surface area is 127 Å². The van der Waals surface area contributed by atoms with Crippen molar-refractivity contribution in [2.24, 2.45) is 0 Å². The number of thiazole rings is 1. The van der Waals surface area contributed by atoms with Gasteiger partial charge in [-0.25, -0.2) is 4.98 Å². The smallest absolute Gasteiger partial charge is 0.259 e. The largest absolute Gasteiger partial charge is 0.379 e. The van der Waals surface area contributed by atoms with Gasteiger partial charge in [-0.1, -0.05) is 6.07 Å². The quantitative estimate of drug-likeness (QED) is 0.807. The molecule has 4 nitrogen and oxygen atoms in total. The van der Waals surface area contributed by atoms with E-state index in [4.69, 9.17) is 0 Å². The number of rotatable bonds is 3. The molecule has 1 aromatic carbocycles. The molecule has 0 aliphatic rings. The zero-order chi connectivity index (χ0) is 15.0. The number of fused-ring (bicyclic) bond motifs is 1. The number of nitrogens with one attached hydrogen (secondary N) is 1. The summed E-state index contributed by atoms with van der Waals surface area (Å²) >= 11 is 1.49. The highest BCUT2D eigenvalue weighted by Crippen LogP contribution is 2.15. The van der Waals surface area contributed by atoms with E-state index in [0.717, 1.165) is 22.0 Å².